The van der Waals surface area contributed by atoms with E-state index in [0.29, 0.717) is 12.2 Å². The molecule has 0 aliphatic heterocycles. The van der Waals surface area contributed by atoms with Gasteiger partial charge in [-0.3, -0.25) is 0 Å². The summed E-state index contributed by atoms with van der Waals surface area (Å²) in [6, 6.07) is 4.03. The monoisotopic (exact) mass is 267 g/mol. The molecule has 2 N–H and O–H groups in total. The van der Waals surface area contributed by atoms with Crippen molar-refractivity contribution >= 4 is 11.7 Å². The van der Waals surface area contributed by atoms with Crippen molar-refractivity contribution in [1.82, 2.24) is 10.2 Å². The lowest BCUT2D eigenvalue weighted by Crippen LogP contribution is -2.37. The first-order chi connectivity index (χ1) is 9.06. The van der Waals surface area contributed by atoms with E-state index in [0.717, 1.165) is 25.2 Å². The molecular weight excluding hydrogens is 245 g/mol. The van der Waals surface area contributed by atoms with Crippen LogP contribution in [-0.4, -0.2) is 37.1 Å². The highest BCUT2D eigenvalue weighted by Gasteiger charge is 2.06. The van der Waals surface area contributed by atoms with Gasteiger partial charge in [-0.1, -0.05) is 19.9 Å². The highest BCUT2D eigenvalue weighted by atomic mass is 19.1. The van der Waals surface area contributed by atoms with E-state index in [2.05, 4.69) is 29.4 Å². The molecule has 106 valence electrons. The number of nitrogens with zero attached hydrogens (tertiary/aromatic N) is 1. The maximum Gasteiger partial charge on any atom is 0.319 e. The fraction of sp³-hybridized carbons (Fsp3) is 0.500. The number of carbonyl (C=O) groups excluding carboxylic acids is 1. The van der Waals surface area contributed by atoms with Crippen LogP contribution < -0.4 is 10.6 Å². The Morgan fingerprint density at radius 2 is 2.00 bits per heavy atom. The third-order valence-corrected chi connectivity index (χ3v) is 3.06. The molecule has 0 atom stereocenters. The molecule has 0 unspecified atom stereocenters. The molecule has 0 heterocycles. The van der Waals surface area contributed by atoms with Gasteiger partial charge in [0, 0.05) is 18.8 Å². The number of hydrogen-bond acceptors (Lipinski definition) is 2. The Morgan fingerprint density at radius 1 is 1.32 bits per heavy atom. The molecule has 0 radical (unpaired) electrons. The minimum atomic E-state index is -0.357. The predicted octanol–water partition coefficient (Wildman–Crippen LogP) is 2.60. The molecule has 0 saturated heterocycles. The SMILES string of the molecule is CCN(CC)CCNC(=O)Nc1cc(F)ccc1C. The number of halogens is 1. The second-order valence-electron chi connectivity index (χ2n) is 4.37. The maximum atomic E-state index is 13.1. The smallest absolute Gasteiger partial charge is 0.319 e. The number of benzene rings is 1. The third-order valence-electron chi connectivity index (χ3n) is 3.06. The quantitative estimate of drug-likeness (QED) is 0.832. The standard InChI is InChI=1S/C14H22FN3O/c1-4-18(5-2)9-8-16-14(19)17-13-10-12(15)7-6-11(13)3/h6-7,10H,4-5,8-9H2,1-3H3,(H2,16,17,19). The highest BCUT2D eigenvalue weighted by Crippen LogP contribution is 2.15. The molecule has 1 aromatic carbocycles. The van der Waals surface area contributed by atoms with E-state index in [9.17, 15) is 9.18 Å². The van der Waals surface area contributed by atoms with Crippen LogP contribution in [0.1, 0.15) is 19.4 Å². The summed E-state index contributed by atoms with van der Waals surface area (Å²) >= 11 is 0. The summed E-state index contributed by atoms with van der Waals surface area (Å²) in [5.41, 5.74) is 1.33. The van der Waals surface area contributed by atoms with Crippen molar-refractivity contribution in [2.24, 2.45) is 0 Å². The molecule has 0 bridgehead atoms. The van der Waals surface area contributed by atoms with Gasteiger partial charge < -0.3 is 15.5 Å². The molecule has 0 saturated carbocycles. The van der Waals surface area contributed by atoms with Crippen LogP contribution in [0.5, 0.6) is 0 Å². The zero-order valence-electron chi connectivity index (χ0n) is 11.8. The number of likely N-dealkylation sites (N-methyl/N-ethyl adjacent to an activating group) is 1. The molecule has 0 aliphatic carbocycles. The first-order valence-corrected chi connectivity index (χ1v) is 6.60. The van der Waals surface area contributed by atoms with Crippen molar-refractivity contribution < 1.29 is 9.18 Å². The van der Waals surface area contributed by atoms with E-state index in [1.165, 1.54) is 12.1 Å². The van der Waals surface area contributed by atoms with Crippen molar-refractivity contribution in [3.63, 3.8) is 0 Å². The third kappa shape index (κ3) is 5.26. The highest BCUT2D eigenvalue weighted by molar-refractivity contribution is 5.90. The van der Waals surface area contributed by atoms with Crippen molar-refractivity contribution in [2.45, 2.75) is 20.8 Å². The van der Waals surface area contributed by atoms with Crippen LogP contribution in [-0.2, 0) is 0 Å². The molecule has 0 aliphatic rings. The average molecular weight is 267 g/mol. The summed E-state index contributed by atoms with van der Waals surface area (Å²) in [4.78, 5) is 13.9. The summed E-state index contributed by atoms with van der Waals surface area (Å²) in [5.74, 6) is -0.357. The van der Waals surface area contributed by atoms with Gasteiger partial charge in [0.1, 0.15) is 5.82 Å². The van der Waals surface area contributed by atoms with Crippen LogP contribution in [0.25, 0.3) is 0 Å². The van der Waals surface area contributed by atoms with E-state index >= 15 is 0 Å². The van der Waals surface area contributed by atoms with Crippen LogP contribution in [0.3, 0.4) is 0 Å². The van der Waals surface area contributed by atoms with Gasteiger partial charge in [-0.05, 0) is 37.7 Å². The van der Waals surface area contributed by atoms with E-state index < -0.39 is 0 Å². The molecule has 4 nitrogen and oxygen atoms in total. The van der Waals surface area contributed by atoms with Crippen LogP contribution in [0.15, 0.2) is 18.2 Å². The molecule has 0 fully saturated rings. The Hall–Kier alpha value is -1.62. The first kappa shape index (κ1) is 15.4. The maximum absolute atomic E-state index is 13.1. The number of aryl methyl sites for hydroxylation is 1. The molecule has 5 heteroatoms. The second kappa shape index (κ2) is 7.74. The molecule has 2 amide bonds. The summed E-state index contributed by atoms with van der Waals surface area (Å²) in [6.45, 7) is 9.29. The average Bonchev–Trinajstić information content (AvgIpc) is 2.39. The van der Waals surface area contributed by atoms with E-state index in [-0.39, 0.29) is 11.8 Å². The van der Waals surface area contributed by atoms with Crippen LogP contribution in [0.4, 0.5) is 14.9 Å². The Bertz CT molecular complexity index is 419. The number of nitrogens with one attached hydrogen (secondary N) is 2. The van der Waals surface area contributed by atoms with Gasteiger partial charge in [0.05, 0.1) is 0 Å². The predicted molar refractivity (Wildman–Crippen MR) is 75.9 cm³/mol. The summed E-state index contributed by atoms with van der Waals surface area (Å²) in [6.07, 6.45) is 0. The van der Waals surface area contributed by atoms with Crippen LogP contribution >= 0.6 is 0 Å². The topological polar surface area (TPSA) is 44.4 Å². The number of rotatable bonds is 6. The van der Waals surface area contributed by atoms with E-state index in [1.807, 2.05) is 6.92 Å². The lowest BCUT2D eigenvalue weighted by Gasteiger charge is -2.18. The summed E-state index contributed by atoms with van der Waals surface area (Å²) in [7, 11) is 0. The first-order valence-electron chi connectivity index (χ1n) is 6.60. The Kier molecular flexibility index (Phi) is 6.29. The van der Waals surface area contributed by atoms with Crippen molar-refractivity contribution in [3.8, 4) is 0 Å². The minimum Gasteiger partial charge on any atom is -0.337 e. The minimum absolute atomic E-state index is 0.305. The fourth-order valence-corrected chi connectivity index (χ4v) is 1.76. The molecule has 19 heavy (non-hydrogen) atoms. The van der Waals surface area contributed by atoms with E-state index in [1.54, 1.807) is 6.07 Å². The number of urea groups is 1. The van der Waals surface area contributed by atoms with Gasteiger partial charge in [-0.25, -0.2) is 9.18 Å². The number of amides is 2. The normalized spacial score (nSPS) is 10.6. The largest absolute Gasteiger partial charge is 0.337 e. The number of hydrogen-bond donors (Lipinski definition) is 2. The lowest BCUT2D eigenvalue weighted by molar-refractivity contribution is 0.248. The zero-order valence-corrected chi connectivity index (χ0v) is 11.8. The Labute approximate surface area is 114 Å². The van der Waals surface area contributed by atoms with Crippen LogP contribution in [0, 0.1) is 12.7 Å². The van der Waals surface area contributed by atoms with Gasteiger partial charge in [-0.2, -0.15) is 0 Å². The molecular formula is C14H22FN3O. The van der Waals surface area contributed by atoms with Crippen molar-refractivity contribution in [3.05, 3.63) is 29.6 Å². The zero-order chi connectivity index (χ0) is 14.3. The van der Waals surface area contributed by atoms with Gasteiger partial charge in [0.15, 0.2) is 0 Å². The molecule has 0 aromatic heterocycles. The van der Waals surface area contributed by atoms with E-state index in [4.69, 9.17) is 0 Å². The van der Waals surface area contributed by atoms with Gasteiger partial charge in [0.25, 0.3) is 0 Å². The number of carbonyl (C=O) groups is 1. The van der Waals surface area contributed by atoms with Gasteiger partial charge in [0.2, 0.25) is 0 Å². The van der Waals surface area contributed by atoms with Gasteiger partial charge >= 0.3 is 6.03 Å². The van der Waals surface area contributed by atoms with Gasteiger partial charge in [-0.15, -0.1) is 0 Å². The Balaban J connectivity index is 2.41. The molecule has 1 aromatic rings. The molecule has 1 rings (SSSR count). The Morgan fingerprint density at radius 3 is 2.63 bits per heavy atom. The summed E-state index contributed by atoms with van der Waals surface area (Å²) in [5, 5.41) is 5.42. The molecule has 0 spiro atoms. The van der Waals surface area contributed by atoms with Crippen molar-refractivity contribution in [2.75, 3.05) is 31.5 Å². The second-order valence-corrected chi connectivity index (χ2v) is 4.37. The lowest BCUT2D eigenvalue weighted by atomic mass is 10.2. The fourth-order valence-electron chi connectivity index (χ4n) is 1.76. The summed E-state index contributed by atoms with van der Waals surface area (Å²) < 4.78 is 13.1. The number of anilines is 1. The van der Waals surface area contributed by atoms with Crippen molar-refractivity contribution in [1.29, 1.82) is 0 Å². The van der Waals surface area contributed by atoms with Crippen LogP contribution in [0.2, 0.25) is 0 Å².